The zero-order valence-electron chi connectivity index (χ0n) is 27.7. The van der Waals surface area contributed by atoms with Crippen LogP contribution in [0.4, 0.5) is 10.1 Å². The molecule has 4 aromatic carbocycles. The summed E-state index contributed by atoms with van der Waals surface area (Å²) in [6.45, 7) is 4.55. The number of nitrogens with one attached hydrogen (secondary N) is 1. The summed E-state index contributed by atoms with van der Waals surface area (Å²) in [7, 11) is -1.71. The molecule has 0 aliphatic carbocycles. The van der Waals surface area contributed by atoms with E-state index in [4.69, 9.17) is 32.7 Å². The highest BCUT2D eigenvalue weighted by molar-refractivity contribution is 7.92. The van der Waals surface area contributed by atoms with Crippen LogP contribution in [0.2, 0.25) is 10.0 Å². The van der Waals surface area contributed by atoms with Gasteiger partial charge >= 0.3 is 0 Å². The van der Waals surface area contributed by atoms with Gasteiger partial charge in [-0.05, 0) is 80.4 Å². The molecule has 0 unspecified atom stereocenters. The van der Waals surface area contributed by atoms with Crippen molar-refractivity contribution in [2.45, 2.75) is 50.2 Å². The fourth-order valence-corrected chi connectivity index (χ4v) is 6.98. The lowest BCUT2D eigenvalue weighted by molar-refractivity contribution is -0.140. The predicted octanol–water partition coefficient (Wildman–Crippen LogP) is 6.90. The van der Waals surface area contributed by atoms with Crippen molar-refractivity contribution in [1.29, 1.82) is 0 Å². The molecule has 0 saturated carbocycles. The molecule has 0 aliphatic heterocycles. The van der Waals surface area contributed by atoms with E-state index in [1.54, 1.807) is 12.1 Å². The predicted molar refractivity (Wildman–Crippen MR) is 189 cm³/mol. The van der Waals surface area contributed by atoms with E-state index in [0.29, 0.717) is 16.3 Å². The quantitative estimate of drug-likeness (QED) is 0.161. The third-order valence-electron chi connectivity index (χ3n) is 7.46. The first-order chi connectivity index (χ1) is 23.1. The van der Waals surface area contributed by atoms with E-state index in [-0.39, 0.29) is 34.3 Å². The van der Waals surface area contributed by atoms with E-state index in [2.05, 4.69) is 5.32 Å². The maximum Gasteiger partial charge on any atom is 0.264 e. The van der Waals surface area contributed by atoms with Gasteiger partial charge in [-0.25, -0.2) is 12.8 Å². The first kappa shape index (κ1) is 37.5. The van der Waals surface area contributed by atoms with Crippen LogP contribution in [0.15, 0.2) is 95.9 Å². The molecule has 0 radical (unpaired) electrons. The van der Waals surface area contributed by atoms with E-state index in [0.717, 1.165) is 22.0 Å². The molecule has 0 aliphatic rings. The Labute approximate surface area is 296 Å². The normalized spacial score (nSPS) is 12.2. The van der Waals surface area contributed by atoms with Gasteiger partial charge in [-0.3, -0.25) is 13.9 Å². The molecule has 13 heteroatoms. The molecule has 0 saturated heterocycles. The maximum absolute atomic E-state index is 14.6. The topological polar surface area (TPSA) is 105 Å². The minimum atomic E-state index is -4.49. The van der Waals surface area contributed by atoms with Crippen LogP contribution >= 0.6 is 23.2 Å². The van der Waals surface area contributed by atoms with Crippen molar-refractivity contribution in [2.24, 2.45) is 0 Å². The smallest absolute Gasteiger partial charge is 0.264 e. The van der Waals surface area contributed by atoms with E-state index >= 15 is 0 Å². The summed E-state index contributed by atoms with van der Waals surface area (Å²) >= 11 is 12.7. The third kappa shape index (κ3) is 9.65. The summed E-state index contributed by atoms with van der Waals surface area (Å²) < 4.78 is 54.2. The summed E-state index contributed by atoms with van der Waals surface area (Å²) in [5.74, 6) is -1.32. The van der Waals surface area contributed by atoms with Gasteiger partial charge in [-0.15, -0.1) is 0 Å². The number of benzene rings is 4. The Balaban J connectivity index is 1.86. The van der Waals surface area contributed by atoms with Crippen molar-refractivity contribution in [3.05, 3.63) is 118 Å². The van der Waals surface area contributed by atoms with Crippen LogP contribution < -0.4 is 19.1 Å². The summed E-state index contributed by atoms with van der Waals surface area (Å²) in [4.78, 5) is 29.8. The second-order valence-electron chi connectivity index (χ2n) is 12.2. The molecule has 1 N–H and O–H groups in total. The highest BCUT2D eigenvalue weighted by atomic mass is 35.5. The number of hydrogen-bond donors (Lipinski definition) is 1. The van der Waals surface area contributed by atoms with E-state index < -0.39 is 45.8 Å². The summed E-state index contributed by atoms with van der Waals surface area (Å²) in [5.41, 5.74) is 0.616. The highest BCUT2D eigenvalue weighted by Crippen LogP contribution is 2.33. The molecular weight excluding hydrogens is 692 g/mol. The Morgan fingerprint density at radius 1 is 0.878 bits per heavy atom. The Morgan fingerprint density at radius 2 is 1.53 bits per heavy atom. The minimum absolute atomic E-state index is 0.0211. The molecule has 1 atom stereocenters. The molecule has 2 amide bonds. The monoisotopic (exact) mass is 729 g/mol. The highest BCUT2D eigenvalue weighted by Gasteiger charge is 2.36. The van der Waals surface area contributed by atoms with Gasteiger partial charge in [0.1, 0.15) is 18.4 Å². The molecule has 0 heterocycles. The van der Waals surface area contributed by atoms with Crippen molar-refractivity contribution in [3.8, 4) is 11.5 Å². The van der Waals surface area contributed by atoms with Crippen LogP contribution in [0.25, 0.3) is 0 Å². The molecule has 260 valence electrons. The number of hydrogen-bond acceptors (Lipinski definition) is 6. The Morgan fingerprint density at radius 3 is 2.12 bits per heavy atom. The number of ether oxygens (including phenoxy) is 2. The van der Waals surface area contributed by atoms with Gasteiger partial charge in [0.2, 0.25) is 11.8 Å². The van der Waals surface area contributed by atoms with Crippen LogP contribution in [-0.2, 0) is 32.6 Å². The van der Waals surface area contributed by atoms with Gasteiger partial charge in [0, 0.05) is 34.6 Å². The van der Waals surface area contributed by atoms with Crippen LogP contribution in [0.1, 0.15) is 31.9 Å². The van der Waals surface area contributed by atoms with Crippen molar-refractivity contribution in [2.75, 3.05) is 25.1 Å². The number of halogens is 3. The Kier molecular flexibility index (Phi) is 12.2. The van der Waals surface area contributed by atoms with Gasteiger partial charge in [0.25, 0.3) is 10.0 Å². The zero-order chi connectivity index (χ0) is 35.9. The Hall–Kier alpha value is -4.32. The van der Waals surface area contributed by atoms with E-state index in [1.807, 2.05) is 51.1 Å². The number of amides is 2. The lowest BCUT2D eigenvalue weighted by Gasteiger charge is -2.35. The number of nitrogens with zero attached hydrogens (tertiary/aromatic N) is 2. The lowest BCUT2D eigenvalue weighted by Crippen LogP contribution is -2.56. The second-order valence-corrected chi connectivity index (χ2v) is 14.9. The number of carbonyl (C=O) groups is 2. The van der Waals surface area contributed by atoms with Gasteiger partial charge in [-0.1, -0.05) is 59.6 Å². The van der Waals surface area contributed by atoms with Gasteiger partial charge in [0.05, 0.1) is 24.8 Å². The second kappa shape index (κ2) is 15.9. The molecule has 0 bridgehead atoms. The van der Waals surface area contributed by atoms with Crippen LogP contribution in [0.5, 0.6) is 11.5 Å². The van der Waals surface area contributed by atoms with Gasteiger partial charge in [-0.2, -0.15) is 0 Å². The maximum atomic E-state index is 14.6. The molecule has 9 nitrogen and oxygen atoms in total. The van der Waals surface area contributed by atoms with Gasteiger partial charge < -0.3 is 19.7 Å². The average molecular weight is 731 g/mol. The first-order valence-electron chi connectivity index (χ1n) is 15.2. The summed E-state index contributed by atoms with van der Waals surface area (Å²) in [5, 5.41) is 3.60. The number of carbonyl (C=O) groups excluding carboxylic acids is 2. The third-order valence-corrected chi connectivity index (χ3v) is 9.82. The lowest BCUT2D eigenvalue weighted by atomic mass is 10.0. The molecule has 4 rings (SSSR count). The molecule has 0 aromatic heterocycles. The number of anilines is 1. The van der Waals surface area contributed by atoms with Crippen molar-refractivity contribution < 1.29 is 31.9 Å². The molecule has 4 aromatic rings. The van der Waals surface area contributed by atoms with E-state index in [9.17, 15) is 22.4 Å². The number of sulfonamides is 1. The van der Waals surface area contributed by atoms with Crippen LogP contribution in [-0.4, -0.2) is 57.5 Å². The SMILES string of the molecule is COc1ccc(S(=O)(=O)N(CC(=O)N(Cc2ccc(Cl)cc2Cl)[C@@H](Cc2ccccc2)C(=O)NC(C)(C)C)c2ccc(F)cc2)cc1OC. The molecular formula is C36H38Cl2FN3O6S. The number of rotatable bonds is 13. The minimum Gasteiger partial charge on any atom is -0.493 e. The molecule has 0 spiro atoms. The van der Waals surface area contributed by atoms with Crippen molar-refractivity contribution in [3.63, 3.8) is 0 Å². The fraction of sp³-hybridized carbons (Fsp3) is 0.278. The largest absolute Gasteiger partial charge is 0.493 e. The van der Waals surface area contributed by atoms with Crippen molar-refractivity contribution in [1.82, 2.24) is 10.2 Å². The molecule has 0 fully saturated rings. The standard InChI is InChI=1S/C36H38Cl2FN3O6S/c1-36(2,3)40-35(44)31(19-24-9-7-6-8-10-24)41(22-25-11-12-26(37)20-30(25)38)34(43)23-42(28-15-13-27(39)14-16-28)49(45,46)29-17-18-32(47-4)33(21-29)48-5/h6-18,20-21,31H,19,22-23H2,1-5H3,(H,40,44)/t31-/m0/s1. The van der Waals surface area contributed by atoms with Crippen molar-refractivity contribution >= 4 is 50.7 Å². The van der Waals surface area contributed by atoms with Crippen LogP contribution in [0, 0.1) is 5.82 Å². The van der Waals surface area contributed by atoms with E-state index in [1.165, 1.54) is 55.5 Å². The Bertz CT molecular complexity index is 1890. The van der Waals surface area contributed by atoms with Gasteiger partial charge in [0.15, 0.2) is 11.5 Å². The molecule has 49 heavy (non-hydrogen) atoms. The average Bonchev–Trinajstić information content (AvgIpc) is 3.05. The summed E-state index contributed by atoms with van der Waals surface area (Å²) in [6, 6.07) is 21.6. The number of methoxy groups -OCH3 is 2. The zero-order valence-corrected chi connectivity index (χ0v) is 30.1. The summed E-state index contributed by atoms with van der Waals surface area (Å²) in [6.07, 6.45) is 0.110. The van der Waals surface area contributed by atoms with Crippen LogP contribution in [0.3, 0.4) is 0 Å². The fourth-order valence-electron chi connectivity index (χ4n) is 5.08. The first-order valence-corrected chi connectivity index (χ1v) is 17.4.